The van der Waals surface area contributed by atoms with Gasteiger partial charge in [0.15, 0.2) is 0 Å². The first-order chi connectivity index (χ1) is 7.79. The van der Waals surface area contributed by atoms with Gasteiger partial charge >= 0.3 is 0 Å². The van der Waals surface area contributed by atoms with Gasteiger partial charge in [0.1, 0.15) is 0 Å². The summed E-state index contributed by atoms with van der Waals surface area (Å²) in [4.78, 5) is 0. The summed E-state index contributed by atoms with van der Waals surface area (Å²) < 4.78 is 5.38. The smallest absolute Gasteiger partial charge is 0.0515 e. The number of hydrogen-bond donors (Lipinski definition) is 2. The van der Waals surface area contributed by atoms with Crippen LogP contribution >= 0.6 is 11.6 Å². The third-order valence-electron chi connectivity index (χ3n) is 2.98. The summed E-state index contributed by atoms with van der Waals surface area (Å²) in [7, 11) is 0. The van der Waals surface area contributed by atoms with E-state index in [-0.39, 0.29) is 6.04 Å². The highest BCUT2D eigenvalue weighted by Gasteiger charge is 2.24. The zero-order valence-corrected chi connectivity index (χ0v) is 9.91. The molecule has 2 atom stereocenters. The van der Waals surface area contributed by atoms with E-state index in [1.807, 2.05) is 24.3 Å². The highest BCUT2D eigenvalue weighted by atomic mass is 35.5. The van der Waals surface area contributed by atoms with E-state index in [1.165, 1.54) is 0 Å². The van der Waals surface area contributed by atoms with Crippen molar-refractivity contribution >= 4 is 17.3 Å². The van der Waals surface area contributed by atoms with Gasteiger partial charge in [-0.1, -0.05) is 11.6 Å². The molecule has 1 saturated heterocycles. The van der Waals surface area contributed by atoms with Crippen molar-refractivity contribution in [2.45, 2.75) is 12.5 Å². The van der Waals surface area contributed by atoms with Crippen LogP contribution in [0.2, 0.25) is 5.02 Å². The Morgan fingerprint density at radius 3 is 2.75 bits per heavy atom. The fourth-order valence-corrected chi connectivity index (χ4v) is 2.13. The van der Waals surface area contributed by atoms with Gasteiger partial charge in [0.25, 0.3) is 0 Å². The molecule has 3 nitrogen and oxygen atoms in total. The molecule has 2 unspecified atom stereocenters. The number of nitrogens with one attached hydrogen (secondary N) is 1. The maximum Gasteiger partial charge on any atom is 0.0515 e. The second-order valence-electron chi connectivity index (χ2n) is 4.12. The lowest BCUT2D eigenvalue weighted by atomic mass is 9.99. The molecule has 4 heteroatoms. The van der Waals surface area contributed by atoms with Gasteiger partial charge in [-0.15, -0.1) is 0 Å². The van der Waals surface area contributed by atoms with Gasteiger partial charge in [-0.25, -0.2) is 0 Å². The van der Waals surface area contributed by atoms with Crippen molar-refractivity contribution < 1.29 is 4.74 Å². The summed E-state index contributed by atoms with van der Waals surface area (Å²) >= 11 is 5.84. The molecule has 3 N–H and O–H groups in total. The highest BCUT2D eigenvalue weighted by Crippen LogP contribution is 2.21. The van der Waals surface area contributed by atoms with Crippen LogP contribution in [0.4, 0.5) is 5.69 Å². The Morgan fingerprint density at radius 1 is 1.44 bits per heavy atom. The molecule has 88 valence electrons. The number of ether oxygens (including phenoxy) is 1. The molecule has 16 heavy (non-hydrogen) atoms. The van der Waals surface area contributed by atoms with Crippen molar-refractivity contribution in [1.29, 1.82) is 0 Å². The van der Waals surface area contributed by atoms with E-state index in [2.05, 4.69) is 5.32 Å². The molecule has 1 aliphatic heterocycles. The van der Waals surface area contributed by atoms with Crippen LogP contribution in [0, 0.1) is 5.92 Å². The van der Waals surface area contributed by atoms with E-state index >= 15 is 0 Å². The molecule has 0 spiro atoms. The molecule has 1 fully saturated rings. The molecule has 0 aromatic heterocycles. The largest absolute Gasteiger partial charge is 0.381 e. The second-order valence-corrected chi connectivity index (χ2v) is 4.55. The van der Waals surface area contributed by atoms with Crippen LogP contribution in [0.1, 0.15) is 6.42 Å². The zero-order chi connectivity index (χ0) is 11.4. The van der Waals surface area contributed by atoms with Crippen molar-refractivity contribution in [3.05, 3.63) is 29.3 Å². The average molecular weight is 241 g/mol. The molecule has 0 amide bonds. The average Bonchev–Trinajstić information content (AvgIpc) is 2.82. The molecular weight excluding hydrogens is 224 g/mol. The number of halogens is 1. The van der Waals surface area contributed by atoms with E-state index < -0.39 is 0 Å². The standard InChI is InChI=1S/C12H17ClN2O/c13-10-1-3-11(4-2-10)15-12(7-14)9-5-6-16-8-9/h1-4,9,12,15H,5-8,14H2. The normalized spacial score (nSPS) is 22.0. The lowest BCUT2D eigenvalue weighted by Crippen LogP contribution is -2.36. The topological polar surface area (TPSA) is 47.3 Å². The summed E-state index contributed by atoms with van der Waals surface area (Å²) in [5.41, 5.74) is 6.85. The summed E-state index contributed by atoms with van der Waals surface area (Å²) in [6.45, 7) is 2.28. The van der Waals surface area contributed by atoms with Gasteiger partial charge < -0.3 is 15.8 Å². The molecule has 1 aliphatic rings. The third-order valence-corrected chi connectivity index (χ3v) is 3.24. The molecule has 1 aromatic carbocycles. The van der Waals surface area contributed by atoms with Crippen LogP contribution in [-0.4, -0.2) is 25.8 Å². The number of benzene rings is 1. The summed E-state index contributed by atoms with van der Waals surface area (Å²) in [5.74, 6) is 0.515. The monoisotopic (exact) mass is 240 g/mol. The van der Waals surface area contributed by atoms with Gasteiger partial charge in [0, 0.05) is 35.8 Å². The molecule has 0 bridgehead atoms. The summed E-state index contributed by atoms with van der Waals surface area (Å²) in [6, 6.07) is 7.98. The highest BCUT2D eigenvalue weighted by molar-refractivity contribution is 6.30. The van der Waals surface area contributed by atoms with Crippen LogP contribution in [0.3, 0.4) is 0 Å². The first-order valence-corrected chi connectivity index (χ1v) is 5.97. The van der Waals surface area contributed by atoms with Gasteiger partial charge in [-0.2, -0.15) is 0 Å². The van der Waals surface area contributed by atoms with Crippen LogP contribution in [-0.2, 0) is 4.74 Å². The van der Waals surface area contributed by atoms with Gasteiger partial charge in [-0.05, 0) is 30.7 Å². The van der Waals surface area contributed by atoms with E-state index in [9.17, 15) is 0 Å². The van der Waals surface area contributed by atoms with E-state index in [1.54, 1.807) is 0 Å². The van der Waals surface area contributed by atoms with Crippen molar-refractivity contribution in [1.82, 2.24) is 0 Å². The molecule has 0 aliphatic carbocycles. The van der Waals surface area contributed by atoms with E-state index in [0.29, 0.717) is 12.5 Å². The molecular formula is C12H17ClN2O. The predicted molar refractivity (Wildman–Crippen MR) is 66.8 cm³/mol. The zero-order valence-electron chi connectivity index (χ0n) is 9.16. The minimum atomic E-state index is 0.281. The third kappa shape index (κ3) is 2.88. The Labute approximate surface area is 101 Å². The first kappa shape index (κ1) is 11.7. The first-order valence-electron chi connectivity index (χ1n) is 5.59. The maximum atomic E-state index is 5.84. The van der Waals surface area contributed by atoms with Crippen LogP contribution in [0.5, 0.6) is 0 Å². The van der Waals surface area contributed by atoms with Gasteiger partial charge in [0.2, 0.25) is 0 Å². The van der Waals surface area contributed by atoms with Crippen LogP contribution in [0.25, 0.3) is 0 Å². The van der Waals surface area contributed by atoms with E-state index in [4.69, 9.17) is 22.1 Å². The Balaban J connectivity index is 1.97. The van der Waals surface area contributed by atoms with E-state index in [0.717, 1.165) is 30.3 Å². The number of nitrogens with two attached hydrogens (primary N) is 1. The number of rotatable bonds is 4. The molecule has 2 rings (SSSR count). The Hall–Kier alpha value is -0.770. The fraction of sp³-hybridized carbons (Fsp3) is 0.500. The maximum absolute atomic E-state index is 5.84. The van der Waals surface area contributed by atoms with Gasteiger partial charge in [0.05, 0.1) is 6.61 Å². The summed E-state index contributed by atoms with van der Waals surface area (Å²) in [6.07, 6.45) is 1.09. The van der Waals surface area contributed by atoms with Gasteiger partial charge in [-0.3, -0.25) is 0 Å². The molecule has 0 saturated carbocycles. The SMILES string of the molecule is NCC(Nc1ccc(Cl)cc1)C1CCOC1. The summed E-state index contributed by atoms with van der Waals surface area (Å²) in [5, 5.41) is 4.18. The lowest BCUT2D eigenvalue weighted by Gasteiger charge is -2.23. The number of anilines is 1. The lowest BCUT2D eigenvalue weighted by molar-refractivity contribution is 0.182. The molecule has 1 aromatic rings. The van der Waals surface area contributed by atoms with Crippen molar-refractivity contribution in [3.63, 3.8) is 0 Å². The Kier molecular flexibility index (Phi) is 4.04. The molecule has 0 radical (unpaired) electrons. The quantitative estimate of drug-likeness (QED) is 0.848. The minimum absolute atomic E-state index is 0.281. The Bertz CT molecular complexity index is 322. The van der Waals surface area contributed by atoms with Crippen LogP contribution < -0.4 is 11.1 Å². The Morgan fingerprint density at radius 2 is 2.19 bits per heavy atom. The number of hydrogen-bond acceptors (Lipinski definition) is 3. The van der Waals surface area contributed by atoms with Crippen molar-refractivity contribution in [2.24, 2.45) is 11.7 Å². The predicted octanol–water partition coefficient (Wildman–Crippen LogP) is 2.12. The minimum Gasteiger partial charge on any atom is -0.381 e. The fourth-order valence-electron chi connectivity index (χ4n) is 2.00. The second kappa shape index (κ2) is 5.53. The molecule has 1 heterocycles. The van der Waals surface area contributed by atoms with Crippen LogP contribution in [0.15, 0.2) is 24.3 Å². The van der Waals surface area contributed by atoms with Crippen molar-refractivity contribution in [2.75, 3.05) is 25.1 Å². The van der Waals surface area contributed by atoms with Crippen molar-refractivity contribution in [3.8, 4) is 0 Å².